The van der Waals surface area contributed by atoms with E-state index in [-0.39, 0.29) is 17.3 Å². The van der Waals surface area contributed by atoms with Gasteiger partial charge in [-0.25, -0.2) is 8.42 Å². The fourth-order valence-electron chi connectivity index (χ4n) is 2.28. The Labute approximate surface area is 151 Å². The lowest BCUT2D eigenvalue weighted by Gasteiger charge is -2.23. The Morgan fingerprint density at radius 2 is 1.71 bits per heavy atom. The number of hydrogen-bond donors (Lipinski definition) is 0. The standard InChI is InChI=1S/C17H19BrN2O3S/c1-13-11-14(18)9-10-16(13)20(3)17(21)12-19(2)24(22,23)15-7-5-4-6-8-15/h4-11H,12H2,1-3H3. The second-order valence-corrected chi connectivity index (χ2v) is 8.42. The Morgan fingerprint density at radius 1 is 1.08 bits per heavy atom. The van der Waals surface area contributed by atoms with E-state index in [9.17, 15) is 13.2 Å². The molecule has 0 radical (unpaired) electrons. The Kier molecular flexibility index (Phi) is 5.79. The van der Waals surface area contributed by atoms with E-state index in [1.807, 2.05) is 25.1 Å². The lowest BCUT2D eigenvalue weighted by atomic mass is 10.2. The highest BCUT2D eigenvalue weighted by Gasteiger charge is 2.24. The van der Waals surface area contributed by atoms with Gasteiger partial charge in [0.1, 0.15) is 0 Å². The molecule has 0 N–H and O–H groups in total. The second-order valence-electron chi connectivity index (χ2n) is 5.46. The summed E-state index contributed by atoms with van der Waals surface area (Å²) >= 11 is 3.38. The van der Waals surface area contributed by atoms with Gasteiger partial charge in [0.05, 0.1) is 11.4 Å². The summed E-state index contributed by atoms with van der Waals surface area (Å²) in [7, 11) is -0.643. The third kappa shape index (κ3) is 4.03. The van der Waals surface area contributed by atoms with Crippen molar-refractivity contribution in [1.29, 1.82) is 0 Å². The quantitative estimate of drug-likeness (QED) is 0.760. The molecule has 24 heavy (non-hydrogen) atoms. The van der Waals surface area contributed by atoms with Crippen molar-refractivity contribution in [2.45, 2.75) is 11.8 Å². The molecule has 0 saturated carbocycles. The molecule has 0 fully saturated rings. The zero-order valence-corrected chi connectivity index (χ0v) is 16.1. The highest BCUT2D eigenvalue weighted by Crippen LogP contribution is 2.23. The van der Waals surface area contributed by atoms with Crippen LogP contribution in [0.15, 0.2) is 57.9 Å². The second kappa shape index (κ2) is 7.46. The van der Waals surface area contributed by atoms with Gasteiger partial charge in [0.25, 0.3) is 0 Å². The number of hydrogen-bond acceptors (Lipinski definition) is 3. The largest absolute Gasteiger partial charge is 0.314 e. The van der Waals surface area contributed by atoms with Gasteiger partial charge < -0.3 is 4.90 Å². The summed E-state index contributed by atoms with van der Waals surface area (Å²) in [6.07, 6.45) is 0. The van der Waals surface area contributed by atoms with E-state index in [1.54, 1.807) is 25.2 Å². The van der Waals surface area contributed by atoms with Gasteiger partial charge in [0.15, 0.2) is 0 Å². The van der Waals surface area contributed by atoms with Crippen molar-refractivity contribution in [3.05, 3.63) is 58.6 Å². The van der Waals surface area contributed by atoms with Crippen LogP contribution in [0, 0.1) is 6.92 Å². The number of carbonyl (C=O) groups excluding carboxylic acids is 1. The molecule has 0 aromatic heterocycles. The predicted octanol–water partition coefficient (Wildman–Crippen LogP) is 3.04. The van der Waals surface area contributed by atoms with E-state index in [4.69, 9.17) is 0 Å². The molecule has 0 aliphatic rings. The maximum Gasteiger partial charge on any atom is 0.243 e. The number of sulfonamides is 1. The molecule has 2 aromatic carbocycles. The third-order valence-electron chi connectivity index (χ3n) is 3.70. The first-order valence-electron chi connectivity index (χ1n) is 7.27. The van der Waals surface area contributed by atoms with E-state index in [0.29, 0.717) is 0 Å². The van der Waals surface area contributed by atoms with Crippen molar-refractivity contribution >= 4 is 37.5 Å². The zero-order chi connectivity index (χ0) is 17.9. The molecular weight excluding hydrogens is 392 g/mol. The van der Waals surface area contributed by atoms with Crippen molar-refractivity contribution in [1.82, 2.24) is 4.31 Å². The topological polar surface area (TPSA) is 57.7 Å². The molecule has 0 bridgehead atoms. The molecule has 0 aliphatic heterocycles. The van der Waals surface area contributed by atoms with Gasteiger partial charge in [-0.15, -0.1) is 0 Å². The van der Waals surface area contributed by atoms with Crippen molar-refractivity contribution in [3.63, 3.8) is 0 Å². The van der Waals surface area contributed by atoms with Crippen molar-refractivity contribution in [3.8, 4) is 0 Å². The summed E-state index contributed by atoms with van der Waals surface area (Å²) in [5, 5.41) is 0. The molecule has 0 spiro atoms. The van der Waals surface area contributed by atoms with E-state index in [1.165, 1.54) is 24.1 Å². The van der Waals surface area contributed by atoms with Crippen molar-refractivity contribution < 1.29 is 13.2 Å². The number of aryl methyl sites for hydroxylation is 1. The van der Waals surface area contributed by atoms with Gasteiger partial charge in [-0.3, -0.25) is 4.79 Å². The fourth-order valence-corrected chi connectivity index (χ4v) is 3.90. The average molecular weight is 411 g/mol. The van der Waals surface area contributed by atoms with Crippen LogP contribution in [-0.2, 0) is 14.8 Å². The van der Waals surface area contributed by atoms with Crippen LogP contribution in [-0.4, -0.2) is 39.3 Å². The summed E-state index contributed by atoms with van der Waals surface area (Å²) < 4.78 is 27.0. The van der Waals surface area contributed by atoms with Crippen LogP contribution in [0.25, 0.3) is 0 Å². The summed E-state index contributed by atoms with van der Waals surface area (Å²) in [6, 6.07) is 13.6. The zero-order valence-electron chi connectivity index (χ0n) is 13.7. The average Bonchev–Trinajstić information content (AvgIpc) is 2.55. The predicted molar refractivity (Wildman–Crippen MR) is 98.5 cm³/mol. The maximum absolute atomic E-state index is 12.5. The minimum absolute atomic E-state index is 0.169. The number of amides is 1. The van der Waals surface area contributed by atoms with Gasteiger partial charge in [0.2, 0.25) is 15.9 Å². The number of halogens is 1. The van der Waals surface area contributed by atoms with Crippen LogP contribution < -0.4 is 4.90 Å². The van der Waals surface area contributed by atoms with Gasteiger partial charge >= 0.3 is 0 Å². The summed E-state index contributed by atoms with van der Waals surface area (Å²) in [4.78, 5) is 14.1. The molecule has 0 atom stereocenters. The number of anilines is 1. The molecule has 7 heteroatoms. The molecule has 2 aromatic rings. The molecule has 0 aliphatic carbocycles. The third-order valence-corrected chi connectivity index (χ3v) is 6.01. The van der Waals surface area contributed by atoms with Crippen molar-refractivity contribution in [2.24, 2.45) is 0 Å². The van der Waals surface area contributed by atoms with E-state index >= 15 is 0 Å². The van der Waals surface area contributed by atoms with Crippen LogP contribution in [0.3, 0.4) is 0 Å². The van der Waals surface area contributed by atoms with Crippen LogP contribution in [0.2, 0.25) is 0 Å². The Balaban J connectivity index is 2.16. The van der Waals surface area contributed by atoms with E-state index < -0.39 is 10.0 Å². The minimum atomic E-state index is -3.69. The van der Waals surface area contributed by atoms with Gasteiger partial charge in [0, 0.05) is 24.3 Å². The van der Waals surface area contributed by atoms with Gasteiger partial charge in [-0.2, -0.15) is 4.31 Å². The van der Waals surface area contributed by atoms with Gasteiger partial charge in [-0.05, 0) is 42.8 Å². The smallest absolute Gasteiger partial charge is 0.243 e. The molecule has 5 nitrogen and oxygen atoms in total. The number of benzene rings is 2. The van der Waals surface area contributed by atoms with Crippen molar-refractivity contribution in [2.75, 3.05) is 25.5 Å². The first-order chi connectivity index (χ1) is 11.2. The highest BCUT2D eigenvalue weighted by atomic mass is 79.9. The lowest BCUT2D eigenvalue weighted by Crippen LogP contribution is -2.39. The Morgan fingerprint density at radius 3 is 2.29 bits per heavy atom. The van der Waals surface area contributed by atoms with Crippen LogP contribution in [0.1, 0.15) is 5.56 Å². The summed E-state index contributed by atoms with van der Waals surface area (Å²) in [6.45, 7) is 1.66. The van der Waals surface area contributed by atoms with E-state index in [0.717, 1.165) is 20.0 Å². The molecule has 1 amide bonds. The van der Waals surface area contributed by atoms with E-state index in [2.05, 4.69) is 15.9 Å². The number of carbonyl (C=O) groups is 1. The first kappa shape index (κ1) is 18.6. The molecule has 0 saturated heterocycles. The van der Waals surface area contributed by atoms with Crippen LogP contribution in [0.5, 0.6) is 0 Å². The number of rotatable bonds is 5. The summed E-state index contributed by atoms with van der Waals surface area (Å²) in [5.74, 6) is -0.303. The van der Waals surface area contributed by atoms with Crippen LogP contribution >= 0.6 is 15.9 Å². The summed E-state index contributed by atoms with van der Waals surface area (Å²) in [5.41, 5.74) is 1.67. The number of likely N-dealkylation sites (N-methyl/N-ethyl adjacent to an activating group) is 2. The fraction of sp³-hybridized carbons (Fsp3) is 0.235. The highest BCUT2D eigenvalue weighted by molar-refractivity contribution is 9.10. The normalized spacial score (nSPS) is 11.5. The first-order valence-corrected chi connectivity index (χ1v) is 9.51. The monoisotopic (exact) mass is 410 g/mol. The Bertz CT molecular complexity index is 838. The van der Waals surface area contributed by atoms with Crippen LogP contribution in [0.4, 0.5) is 5.69 Å². The SMILES string of the molecule is Cc1cc(Br)ccc1N(C)C(=O)CN(C)S(=O)(=O)c1ccccc1. The minimum Gasteiger partial charge on any atom is -0.314 e. The molecule has 2 rings (SSSR count). The lowest BCUT2D eigenvalue weighted by molar-refractivity contribution is -0.118. The molecule has 0 heterocycles. The molecule has 128 valence electrons. The molecule has 0 unspecified atom stereocenters. The van der Waals surface area contributed by atoms with Gasteiger partial charge in [-0.1, -0.05) is 34.1 Å². The maximum atomic E-state index is 12.5. The Hall–Kier alpha value is -1.70. The number of nitrogens with zero attached hydrogens (tertiary/aromatic N) is 2. The molecular formula is C17H19BrN2O3S.